The van der Waals surface area contributed by atoms with Gasteiger partial charge in [0, 0.05) is 0 Å². The van der Waals surface area contributed by atoms with Crippen LogP contribution in [0, 0.1) is 5.92 Å². The van der Waals surface area contributed by atoms with Crippen LogP contribution >= 0.6 is 0 Å². The summed E-state index contributed by atoms with van der Waals surface area (Å²) in [7, 11) is 0. The molecule has 0 unspecified atom stereocenters. The van der Waals surface area contributed by atoms with E-state index in [9.17, 15) is 9.59 Å². The molecule has 1 atom stereocenters. The molecule has 0 saturated heterocycles. The number of benzene rings is 1. The molecule has 4 heteroatoms. The molecule has 2 N–H and O–H groups in total. The van der Waals surface area contributed by atoms with Crippen molar-refractivity contribution in [1.29, 1.82) is 0 Å². The lowest BCUT2D eigenvalue weighted by Crippen LogP contribution is -2.16. The van der Waals surface area contributed by atoms with Crippen LogP contribution in [0.5, 0.6) is 0 Å². The molecule has 0 radical (unpaired) electrons. The Balaban J connectivity index is 2.55. The Morgan fingerprint density at radius 2 is 1.82 bits per heavy atom. The van der Waals surface area contributed by atoms with Crippen molar-refractivity contribution >= 4 is 18.0 Å². The maximum atomic E-state index is 10.8. The highest BCUT2D eigenvalue weighted by molar-refractivity contribution is 5.78. The third-order valence-corrected chi connectivity index (χ3v) is 2.30. The van der Waals surface area contributed by atoms with Crippen LogP contribution in [0.2, 0.25) is 0 Å². The first kappa shape index (κ1) is 13.0. The van der Waals surface area contributed by atoms with Gasteiger partial charge in [0.2, 0.25) is 0 Å². The molecule has 0 bridgehead atoms. The molecular weight excluding hydrogens is 220 g/mol. The molecule has 1 aromatic carbocycles. The van der Waals surface area contributed by atoms with Crippen LogP contribution in [0.15, 0.2) is 36.4 Å². The number of hydrogen-bond acceptors (Lipinski definition) is 2. The molecule has 0 aromatic heterocycles. The molecule has 1 aromatic rings. The summed E-state index contributed by atoms with van der Waals surface area (Å²) in [5, 5.41) is 17.4. The standard InChI is InChI=1S/C13H14O4/c14-12(15)9-11(13(16)17)8-4-7-10-5-2-1-3-6-10/h1-7,11H,8-9H2,(H,14,15)(H,16,17)/t11-/m0/s1. The summed E-state index contributed by atoms with van der Waals surface area (Å²) in [5.74, 6) is -3.04. The van der Waals surface area contributed by atoms with E-state index >= 15 is 0 Å². The number of rotatable bonds is 6. The Bertz CT molecular complexity index is 409. The number of aliphatic carboxylic acids is 2. The van der Waals surface area contributed by atoms with Crippen LogP contribution in [0.25, 0.3) is 6.08 Å². The first-order chi connectivity index (χ1) is 8.09. The number of carboxylic acids is 2. The Labute approximate surface area is 99.2 Å². The zero-order chi connectivity index (χ0) is 12.7. The van der Waals surface area contributed by atoms with Crippen molar-refractivity contribution in [3.63, 3.8) is 0 Å². The SMILES string of the molecule is O=C(O)C[C@H](CC=Cc1ccccc1)C(=O)O. The van der Waals surface area contributed by atoms with Gasteiger partial charge >= 0.3 is 11.9 Å². The molecule has 17 heavy (non-hydrogen) atoms. The van der Waals surface area contributed by atoms with E-state index in [4.69, 9.17) is 10.2 Å². The molecule has 90 valence electrons. The summed E-state index contributed by atoms with van der Waals surface area (Å²) >= 11 is 0. The van der Waals surface area contributed by atoms with Gasteiger partial charge in [-0.3, -0.25) is 9.59 Å². The first-order valence-corrected chi connectivity index (χ1v) is 5.26. The highest BCUT2D eigenvalue weighted by Gasteiger charge is 2.19. The molecule has 1 rings (SSSR count). The Morgan fingerprint density at radius 1 is 1.18 bits per heavy atom. The average molecular weight is 234 g/mol. The number of hydrogen-bond donors (Lipinski definition) is 2. The summed E-state index contributed by atoms with van der Waals surface area (Å²) in [5.41, 5.74) is 0.965. The van der Waals surface area contributed by atoms with Crippen molar-refractivity contribution in [2.45, 2.75) is 12.8 Å². The van der Waals surface area contributed by atoms with Crippen LogP contribution in [-0.2, 0) is 9.59 Å². The van der Waals surface area contributed by atoms with Gasteiger partial charge in [-0.2, -0.15) is 0 Å². The predicted molar refractivity (Wildman–Crippen MR) is 63.5 cm³/mol. The fourth-order valence-electron chi connectivity index (χ4n) is 1.41. The van der Waals surface area contributed by atoms with Crippen molar-refractivity contribution < 1.29 is 19.8 Å². The molecule has 4 nitrogen and oxygen atoms in total. The van der Waals surface area contributed by atoms with Crippen LogP contribution in [0.4, 0.5) is 0 Å². The highest BCUT2D eigenvalue weighted by atomic mass is 16.4. The van der Waals surface area contributed by atoms with Gasteiger partial charge < -0.3 is 10.2 Å². The second-order valence-corrected chi connectivity index (χ2v) is 3.68. The van der Waals surface area contributed by atoms with Gasteiger partial charge in [-0.15, -0.1) is 0 Å². The molecule has 0 heterocycles. The summed E-state index contributed by atoms with van der Waals surface area (Å²) in [6.45, 7) is 0. The van der Waals surface area contributed by atoms with Gasteiger partial charge in [0.15, 0.2) is 0 Å². The second kappa shape index (κ2) is 6.48. The van der Waals surface area contributed by atoms with Gasteiger partial charge in [-0.25, -0.2) is 0 Å². The van der Waals surface area contributed by atoms with Gasteiger partial charge in [0.25, 0.3) is 0 Å². The van der Waals surface area contributed by atoms with Crippen molar-refractivity contribution in [2.24, 2.45) is 5.92 Å². The third-order valence-electron chi connectivity index (χ3n) is 2.30. The topological polar surface area (TPSA) is 74.6 Å². The fraction of sp³-hybridized carbons (Fsp3) is 0.231. The number of allylic oxidation sites excluding steroid dienone is 1. The minimum absolute atomic E-state index is 0.219. The summed E-state index contributed by atoms with van der Waals surface area (Å²) < 4.78 is 0. The van der Waals surface area contributed by atoms with Crippen LogP contribution in [-0.4, -0.2) is 22.2 Å². The van der Waals surface area contributed by atoms with Gasteiger partial charge in [0.05, 0.1) is 12.3 Å². The minimum atomic E-state index is -1.09. The van der Waals surface area contributed by atoms with E-state index in [-0.39, 0.29) is 12.8 Å². The highest BCUT2D eigenvalue weighted by Crippen LogP contribution is 2.11. The third kappa shape index (κ3) is 4.97. The largest absolute Gasteiger partial charge is 0.481 e. The Kier molecular flexibility index (Phi) is 4.94. The van der Waals surface area contributed by atoms with Gasteiger partial charge in [0.1, 0.15) is 0 Å². The maximum absolute atomic E-state index is 10.8. The lowest BCUT2D eigenvalue weighted by molar-refractivity contribution is -0.148. The number of carboxylic acid groups (broad SMARTS) is 2. The molecule has 0 aliphatic rings. The first-order valence-electron chi connectivity index (χ1n) is 5.26. The fourth-order valence-corrected chi connectivity index (χ4v) is 1.41. The van der Waals surface area contributed by atoms with Gasteiger partial charge in [-0.1, -0.05) is 42.5 Å². The molecule has 0 spiro atoms. The molecule has 0 saturated carbocycles. The van der Waals surface area contributed by atoms with E-state index in [2.05, 4.69) is 0 Å². The second-order valence-electron chi connectivity index (χ2n) is 3.68. The van der Waals surface area contributed by atoms with Crippen LogP contribution < -0.4 is 0 Å². The van der Waals surface area contributed by atoms with Crippen LogP contribution in [0.1, 0.15) is 18.4 Å². The van der Waals surface area contributed by atoms with E-state index in [0.29, 0.717) is 0 Å². The Hall–Kier alpha value is -2.10. The average Bonchev–Trinajstić information content (AvgIpc) is 2.28. The quantitative estimate of drug-likeness (QED) is 0.791. The normalized spacial score (nSPS) is 12.5. The number of carbonyl (C=O) groups is 2. The van der Waals surface area contributed by atoms with E-state index in [1.165, 1.54) is 0 Å². The summed E-state index contributed by atoms with van der Waals surface area (Å²) in [4.78, 5) is 21.2. The predicted octanol–water partition coefficient (Wildman–Crippen LogP) is 2.27. The van der Waals surface area contributed by atoms with Gasteiger partial charge in [-0.05, 0) is 12.0 Å². The van der Waals surface area contributed by atoms with Crippen molar-refractivity contribution in [2.75, 3.05) is 0 Å². The zero-order valence-electron chi connectivity index (χ0n) is 9.24. The molecular formula is C13H14O4. The summed E-state index contributed by atoms with van der Waals surface area (Å²) in [6, 6.07) is 9.44. The monoisotopic (exact) mass is 234 g/mol. The van der Waals surface area contributed by atoms with Crippen LogP contribution in [0.3, 0.4) is 0 Å². The lowest BCUT2D eigenvalue weighted by Gasteiger charge is -2.05. The Morgan fingerprint density at radius 3 is 2.35 bits per heavy atom. The molecule has 0 amide bonds. The van der Waals surface area contributed by atoms with E-state index in [1.807, 2.05) is 30.3 Å². The zero-order valence-corrected chi connectivity index (χ0v) is 9.24. The van der Waals surface area contributed by atoms with E-state index < -0.39 is 17.9 Å². The minimum Gasteiger partial charge on any atom is -0.481 e. The van der Waals surface area contributed by atoms with Crippen molar-refractivity contribution in [1.82, 2.24) is 0 Å². The van der Waals surface area contributed by atoms with E-state index in [1.54, 1.807) is 12.2 Å². The smallest absolute Gasteiger partial charge is 0.307 e. The van der Waals surface area contributed by atoms with E-state index in [0.717, 1.165) is 5.56 Å². The molecule has 0 fully saturated rings. The van der Waals surface area contributed by atoms with Crippen molar-refractivity contribution in [3.05, 3.63) is 42.0 Å². The summed E-state index contributed by atoms with van der Waals surface area (Å²) in [6.07, 6.45) is 3.35. The molecule has 0 aliphatic carbocycles. The lowest BCUT2D eigenvalue weighted by atomic mass is 10.0. The molecule has 0 aliphatic heterocycles. The maximum Gasteiger partial charge on any atom is 0.307 e. The van der Waals surface area contributed by atoms with Crippen molar-refractivity contribution in [3.8, 4) is 0 Å².